The number of nitrogens with one attached hydrogen (secondary N) is 1. The first kappa shape index (κ1) is 13.3. The number of hydrogen-bond donors (Lipinski definition) is 1. The first-order valence-electron chi connectivity index (χ1n) is 6.64. The average molecular weight is 283 g/mol. The van der Waals surface area contributed by atoms with Gasteiger partial charge in [0, 0.05) is 28.3 Å². The third-order valence-corrected chi connectivity index (χ3v) is 4.10. The Morgan fingerprint density at radius 1 is 1.15 bits per heavy atom. The Bertz CT molecular complexity index is 665. The normalized spacial score (nSPS) is 14.4. The highest BCUT2D eigenvalue weighted by molar-refractivity contribution is 7.98. The molecule has 102 valence electrons. The largest absolute Gasteiger partial charge is 0.293 e. The van der Waals surface area contributed by atoms with Crippen LogP contribution in [0, 0.1) is 6.92 Å². The highest BCUT2D eigenvalue weighted by atomic mass is 32.2. The van der Waals surface area contributed by atoms with E-state index in [2.05, 4.69) is 51.9 Å². The summed E-state index contributed by atoms with van der Waals surface area (Å²) in [6, 6.07) is 12.7. The van der Waals surface area contributed by atoms with Crippen molar-refractivity contribution >= 4 is 17.5 Å². The van der Waals surface area contributed by atoms with Gasteiger partial charge < -0.3 is 0 Å². The van der Waals surface area contributed by atoms with Crippen molar-refractivity contribution in [1.29, 1.82) is 0 Å². The van der Waals surface area contributed by atoms with Gasteiger partial charge in [0.05, 0.1) is 18.1 Å². The molecule has 0 amide bonds. The third kappa shape index (κ3) is 2.62. The van der Waals surface area contributed by atoms with Gasteiger partial charge in [-0.3, -0.25) is 15.3 Å². The minimum Gasteiger partial charge on any atom is -0.293 e. The van der Waals surface area contributed by atoms with E-state index in [1.54, 1.807) is 11.8 Å². The Balaban J connectivity index is 2.15. The first-order chi connectivity index (χ1) is 9.78. The number of pyridine rings is 1. The van der Waals surface area contributed by atoms with E-state index < -0.39 is 0 Å². The molecule has 0 unspecified atom stereocenters. The van der Waals surface area contributed by atoms with Gasteiger partial charge in [0.1, 0.15) is 0 Å². The molecule has 3 nitrogen and oxygen atoms in total. The van der Waals surface area contributed by atoms with Gasteiger partial charge in [-0.2, -0.15) is 0 Å². The van der Waals surface area contributed by atoms with Crippen molar-refractivity contribution < 1.29 is 0 Å². The summed E-state index contributed by atoms with van der Waals surface area (Å²) in [6.07, 6.45) is 2.09. The maximum Gasteiger partial charge on any atom is 0.0891 e. The van der Waals surface area contributed by atoms with E-state index in [1.165, 1.54) is 16.0 Å². The Hall–Kier alpha value is -1.65. The lowest BCUT2D eigenvalue weighted by atomic mass is 10.00. The minimum atomic E-state index is 0.709. The van der Waals surface area contributed by atoms with Gasteiger partial charge in [0.2, 0.25) is 0 Å². The van der Waals surface area contributed by atoms with Crippen molar-refractivity contribution in [3.8, 4) is 11.3 Å². The zero-order valence-electron chi connectivity index (χ0n) is 11.7. The van der Waals surface area contributed by atoms with Crippen molar-refractivity contribution in [3.05, 3.63) is 47.7 Å². The molecule has 1 aromatic carbocycles. The predicted molar refractivity (Wildman–Crippen MR) is 85.6 cm³/mol. The Kier molecular flexibility index (Phi) is 3.85. The fraction of sp³-hybridized carbons (Fsp3) is 0.250. The summed E-state index contributed by atoms with van der Waals surface area (Å²) in [5, 5.41) is 3.26. The van der Waals surface area contributed by atoms with Gasteiger partial charge in [0.25, 0.3) is 0 Å². The maximum absolute atomic E-state index is 4.67. The molecule has 2 aromatic rings. The topological polar surface area (TPSA) is 37.3 Å². The van der Waals surface area contributed by atoms with Crippen LogP contribution in [0.4, 0.5) is 0 Å². The number of nitrogens with zero attached hydrogens (tertiary/aromatic N) is 2. The minimum absolute atomic E-state index is 0.709. The van der Waals surface area contributed by atoms with Gasteiger partial charge in [-0.25, -0.2) is 0 Å². The van der Waals surface area contributed by atoms with Crippen LogP contribution in [0.15, 0.2) is 46.3 Å². The zero-order chi connectivity index (χ0) is 13.9. The molecule has 0 bridgehead atoms. The summed E-state index contributed by atoms with van der Waals surface area (Å²) in [6.45, 7) is 3.56. The molecule has 4 heteroatoms. The third-order valence-electron chi connectivity index (χ3n) is 3.38. The van der Waals surface area contributed by atoms with E-state index >= 15 is 0 Å². The average Bonchev–Trinajstić information content (AvgIpc) is 3.00. The van der Waals surface area contributed by atoms with Crippen LogP contribution in [0.3, 0.4) is 0 Å². The van der Waals surface area contributed by atoms with E-state index in [1.807, 2.05) is 13.0 Å². The van der Waals surface area contributed by atoms with Crippen LogP contribution in [0.2, 0.25) is 0 Å². The summed E-state index contributed by atoms with van der Waals surface area (Å²) >= 11 is 1.75. The second-order valence-corrected chi connectivity index (χ2v) is 5.65. The van der Waals surface area contributed by atoms with Crippen LogP contribution >= 0.6 is 11.8 Å². The summed E-state index contributed by atoms with van der Waals surface area (Å²) < 4.78 is 0. The molecule has 0 radical (unpaired) electrons. The van der Waals surface area contributed by atoms with Crippen molar-refractivity contribution in [1.82, 2.24) is 10.3 Å². The lowest BCUT2D eigenvalue weighted by molar-refractivity contribution is 0.850. The van der Waals surface area contributed by atoms with Gasteiger partial charge in [-0.05, 0) is 37.4 Å². The maximum atomic E-state index is 4.67. The van der Waals surface area contributed by atoms with Crippen LogP contribution < -0.4 is 5.32 Å². The molecule has 1 aliphatic heterocycles. The molecule has 1 aliphatic rings. The molecule has 1 N–H and O–H groups in total. The van der Waals surface area contributed by atoms with Gasteiger partial charge in [-0.1, -0.05) is 12.1 Å². The van der Waals surface area contributed by atoms with Crippen molar-refractivity contribution in [2.24, 2.45) is 4.99 Å². The molecule has 1 aromatic heterocycles. The van der Waals surface area contributed by atoms with Gasteiger partial charge in [-0.15, -0.1) is 11.8 Å². The molecule has 0 atom stereocenters. The lowest BCUT2D eigenvalue weighted by Crippen LogP contribution is -2.14. The summed E-state index contributed by atoms with van der Waals surface area (Å²) in [7, 11) is 0. The number of hydrogen-bond acceptors (Lipinski definition) is 4. The van der Waals surface area contributed by atoms with E-state index in [0.29, 0.717) is 6.67 Å². The lowest BCUT2D eigenvalue weighted by Gasteiger charge is -2.11. The summed E-state index contributed by atoms with van der Waals surface area (Å²) in [5.41, 5.74) is 5.53. The van der Waals surface area contributed by atoms with Crippen LogP contribution in [0.1, 0.15) is 11.3 Å². The number of aryl methyl sites for hydroxylation is 1. The summed E-state index contributed by atoms with van der Waals surface area (Å²) in [4.78, 5) is 10.5. The number of aromatic nitrogens is 1. The molecule has 0 aliphatic carbocycles. The first-order valence-corrected chi connectivity index (χ1v) is 7.87. The van der Waals surface area contributed by atoms with Gasteiger partial charge in [0.15, 0.2) is 0 Å². The molecular formula is C16H17N3S. The van der Waals surface area contributed by atoms with Gasteiger partial charge >= 0.3 is 0 Å². The zero-order valence-corrected chi connectivity index (χ0v) is 12.5. The van der Waals surface area contributed by atoms with Crippen LogP contribution in [0.25, 0.3) is 11.3 Å². The predicted octanol–water partition coefficient (Wildman–Crippen LogP) is 3.13. The monoisotopic (exact) mass is 283 g/mol. The number of benzene rings is 1. The standard InChI is InChI=1S/C16H17N3S/c1-11-4-3-5-15(19-11)14-8-12(20-2)6-7-13(14)16-9-17-10-18-16/h3-8,17H,9-10H2,1-2H3. The SMILES string of the molecule is CSc1ccc(C2=NCNC2)c(-c2cccc(C)n2)c1. The highest BCUT2D eigenvalue weighted by Crippen LogP contribution is 2.28. The molecule has 20 heavy (non-hydrogen) atoms. The van der Waals surface area contributed by atoms with E-state index in [9.17, 15) is 0 Å². The van der Waals surface area contributed by atoms with Crippen LogP contribution in [-0.2, 0) is 0 Å². The number of thioether (sulfide) groups is 1. The van der Waals surface area contributed by atoms with Crippen LogP contribution in [0.5, 0.6) is 0 Å². The number of rotatable bonds is 3. The van der Waals surface area contributed by atoms with E-state index in [4.69, 9.17) is 0 Å². The quantitative estimate of drug-likeness (QED) is 0.879. The number of aliphatic imine (C=N–C) groups is 1. The molecule has 0 spiro atoms. The van der Waals surface area contributed by atoms with E-state index in [-0.39, 0.29) is 0 Å². The molecule has 0 saturated carbocycles. The molecule has 0 fully saturated rings. The van der Waals surface area contributed by atoms with Crippen molar-refractivity contribution in [2.75, 3.05) is 19.5 Å². The molecule has 3 rings (SSSR count). The Morgan fingerprint density at radius 2 is 2.05 bits per heavy atom. The van der Waals surface area contributed by atoms with E-state index in [0.717, 1.165) is 23.6 Å². The van der Waals surface area contributed by atoms with Crippen LogP contribution in [-0.4, -0.2) is 30.2 Å². The molecular weight excluding hydrogens is 266 g/mol. The van der Waals surface area contributed by atoms with Crippen molar-refractivity contribution in [3.63, 3.8) is 0 Å². The fourth-order valence-corrected chi connectivity index (χ4v) is 2.81. The Labute approximate surface area is 123 Å². The highest BCUT2D eigenvalue weighted by Gasteiger charge is 2.15. The second kappa shape index (κ2) is 5.77. The second-order valence-electron chi connectivity index (χ2n) is 4.77. The smallest absolute Gasteiger partial charge is 0.0891 e. The fourth-order valence-electron chi connectivity index (χ4n) is 2.37. The van der Waals surface area contributed by atoms with Crippen molar-refractivity contribution in [2.45, 2.75) is 11.8 Å². The summed E-state index contributed by atoms with van der Waals surface area (Å²) in [5.74, 6) is 0. The molecule has 2 heterocycles. The Morgan fingerprint density at radius 3 is 2.75 bits per heavy atom. The molecule has 0 saturated heterocycles.